The number of benzene rings is 1. The second-order valence-electron chi connectivity index (χ2n) is 6.57. The Morgan fingerprint density at radius 3 is 2.36 bits per heavy atom. The van der Waals surface area contributed by atoms with Gasteiger partial charge in [-0.15, -0.1) is 0 Å². The van der Waals surface area contributed by atoms with Crippen LogP contribution in [0, 0.1) is 6.92 Å². The van der Waals surface area contributed by atoms with Gasteiger partial charge in [-0.1, -0.05) is 17.7 Å². The lowest BCUT2D eigenvalue weighted by Crippen LogP contribution is -3.11. The van der Waals surface area contributed by atoms with Crippen LogP contribution in [-0.2, 0) is 9.59 Å². The van der Waals surface area contributed by atoms with Crippen LogP contribution in [0.3, 0.4) is 0 Å². The molecule has 0 spiro atoms. The maximum Gasteiger partial charge on any atom is 0.279 e. The van der Waals surface area contributed by atoms with Crippen LogP contribution in [-0.4, -0.2) is 37.5 Å². The van der Waals surface area contributed by atoms with Crippen molar-refractivity contribution in [1.82, 2.24) is 5.32 Å². The average molecular weight is 327 g/mol. The number of halogens is 1. The van der Waals surface area contributed by atoms with Gasteiger partial charge in [0.1, 0.15) is 0 Å². The molecule has 0 aliphatic carbocycles. The Hall–Kier alpha value is -1.59. The molecule has 3 N–H and O–H groups in total. The number of likely N-dealkylation sites (N-methyl/N-ethyl adjacent to an activating group) is 1. The zero-order valence-electron chi connectivity index (χ0n) is 13.8. The van der Waals surface area contributed by atoms with Crippen molar-refractivity contribution in [3.63, 3.8) is 0 Å². The van der Waals surface area contributed by atoms with Gasteiger partial charge in [0.05, 0.1) is 7.05 Å². The van der Waals surface area contributed by atoms with Crippen LogP contribution in [0.1, 0.15) is 26.3 Å². The first kappa shape index (κ1) is 18.5. The van der Waals surface area contributed by atoms with Gasteiger partial charge < -0.3 is 15.5 Å². The van der Waals surface area contributed by atoms with Crippen molar-refractivity contribution in [2.45, 2.75) is 33.2 Å². The molecule has 0 radical (unpaired) electrons. The van der Waals surface area contributed by atoms with Crippen molar-refractivity contribution in [3.8, 4) is 0 Å². The van der Waals surface area contributed by atoms with E-state index < -0.39 is 0 Å². The van der Waals surface area contributed by atoms with Crippen LogP contribution in [0.5, 0.6) is 0 Å². The maximum absolute atomic E-state index is 12.0. The fraction of sp³-hybridized carbons (Fsp3) is 0.500. The number of anilines is 1. The molecule has 22 heavy (non-hydrogen) atoms. The highest BCUT2D eigenvalue weighted by Crippen LogP contribution is 2.22. The number of amides is 2. The van der Waals surface area contributed by atoms with E-state index >= 15 is 0 Å². The summed E-state index contributed by atoms with van der Waals surface area (Å²) in [7, 11) is 1.81. The summed E-state index contributed by atoms with van der Waals surface area (Å²) < 4.78 is 0. The number of hydrogen-bond donors (Lipinski definition) is 3. The molecule has 1 rings (SSSR count). The van der Waals surface area contributed by atoms with Crippen molar-refractivity contribution >= 4 is 29.1 Å². The predicted octanol–water partition coefficient (Wildman–Crippen LogP) is 1.02. The van der Waals surface area contributed by atoms with E-state index in [2.05, 4.69) is 10.6 Å². The lowest BCUT2D eigenvalue weighted by atomic mass is 10.1. The van der Waals surface area contributed by atoms with Crippen LogP contribution in [0.15, 0.2) is 18.2 Å². The third-order valence-corrected chi connectivity index (χ3v) is 3.39. The number of nitrogens with one attached hydrogen (secondary N) is 3. The quantitative estimate of drug-likeness (QED) is 0.756. The first-order chi connectivity index (χ1) is 10.1. The van der Waals surface area contributed by atoms with Gasteiger partial charge in [-0.2, -0.15) is 0 Å². The molecule has 1 unspecified atom stereocenters. The lowest BCUT2D eigenvalue weighted by Gasteiger charge is -2.21. The molecular formula is C16H25ClN3O2+. The van der Waals surface area contributed by atoms with Gasteiger partial charge in [0.25, 0.3) is 11.8 Å². The van der Waals surface area contributed by atoms with Crippen molar-refractivity contribution in [2.24, 2.45) is 0 Å². The van der Waals surface area contributed by atoms with E-state index in [0.29, 0.717) is 10.7 Å². The number of hydrogen-bond acceptors (Lipinski definition) is 2. The van der Waals surface area contributed by atoms with Crippen molar-refractivity contribution in [1.29, 1.82) is 0 Å². The highest BCUT2D eigenvalue weighted by atomic mass is 35.5. The summed E-state index contributed by atoms with van der Waals surface area (Å²) in [6.07, 6.45) is 0. The van der Waals surface area contributed by atoms with Gasteiger partial charge in [-0.3, -0.25) is 9.59 Å². The normalized spacial score (nSPS) is 12.6. The standard InChI is InChI=1S/C16H24ClN3O2/c1-11-12(17)7-6-8-13(11)18-14(21)9-20(5)10-15(22)19-16(2,3)4/h6-8H,9-10H2,1-5H3,(H,18,21)(H,19,22)/p+1. The Morgan fingerprint density at radius 2 is 1.77 bits per heavy atom. The molecule has 0 aliphatic heterocycles. The van der Waals surface area contributed by atoms with Crippen molar-refractivity contribution < 1.29 is 14.5 Å². The fourth-order valence-electron chi connectivity index (χ4n) is 2.01. The van der Waals surface area contributed by atoms with Crippen LogP contribution < -0.4 is 15.5 Å². The molecule has 1 aromatic rings. The number of rotatable bonds is 5. The molecule has 122 valence electrons. The number of carbonyl (C=O) groups is 2. The summed E-state index contributed by atoms with van der Waals surface area (Å²) in [6.45, 7) is 8.09. The molecule has 0 bridgehead atoms. The maximum atomic E-state index is 12.0. The third-order valence-electron chi connectivity index (χ3n) is 2.98. The minimum Gasteiger partial charge on any atom is -0.347 e. The summed E-state index contributed by atoms with van der Waals surface area (Å²) >= 11 is 6.02. The van der Waals surface area contributed by atoms with Gasteiger partial charge in [-0.25, -0.2) is 0 Å². The fourth-order valence-corrected chi connectivity index (χ4v) is 2.18. The average Bonchev–Trinajstić information content (AvgIpc) is 2.31. The van der Waals surface area contributed by atoms with E-state index in [4.69, 9.17) is 11.6 Å². The summed E-state index contributed by atoms with van der Waals surface area (Å²) in [4.78, 5) is 24.7. The Balaban J connectivity index is 2.51. The van der Waals surface area contributed by atoms with Crippen LogP contribution >= 0.6 is 11.6 Å². The summed E-state index contributed by atoms with van der Waals surface area (Å²) in [6, 6.07) is 5.37. The first-order valence-electron chi connectivity index (χ1n) is 7.26. The van der Waals surface area contributed by atoms with Gasteiger partial charge >= 0.3 is 0 Å². The van der Waals surface area contributed by atoms with Gasteiger partial charge in [0.2, 0.25) is 0 Å². The monoisotopic (exact) mass is 326 g/mol. The molecule has 0 saturated carbocycles. The van der Waals surface area contributed by atoms with E-state index in [0.717, 1.165) is 10.5 Å². The Morgan fingerprint density at radius 1 is 1.18 bits per heavy atom. The molecule has 6 heteroatoms. The molecule has 0 saturated heterocycles. The van der Waals surface area contributed by atoms with E-state index in [1.165, 1.54) is 0 Å². The highest BCUT2D eigenvalue weighted by Gasteiger charge is 2.19. The largest absolute Gasteiger partial charge is 0.347 e. The van der Waals surface area contributed by atoms with Gasteiger partial charge in [0, 0.05) is 16.2 Å². The minimum atomic E-state index is -0.266. The van der Waals surface area contributed by atoms with E-state index in [-0.39, 0.29) is 30.4 Å². The molecule has 0 fully saturated rings. The molecule has 0 aromatic heterocycles. The second kappa shape index (κ2) is 7.61. The number of carbonyl (C=O) groups excluding carboxylic acids is 2. The predicted molar refractivity (Wildman–Crippen MR) is 89.3 cm³/mol. The van der Waals surface area contributed by atoms with Gasteiger partial charge in [0.15, 0.2) is 13.1 Å². The highest BCUT2D eigenvalue weighted by molar-refractivity contribution is 6.31. The van der Waals surface area contributed by atoms with Crippen LogP contribution in [0.4, 0.5) is 5.69 Å². The molecule has 1 aromatic carbocycles. The van der Waals surface area contributed by atoms with E-state index in [1.54, 1.807) is 18.2 Å². The zero-order chi connectivity index (χ0) is 16.9. The molecular weight excluding hydrogens is 302 g/mol. The molecule has 0 heterocycles. The molecule has 0 aliphatic rings. The molecule has 1 atom stereocenters. The molecule has 2 amide bonds. The summed E-state index contributed by atoms with van der Waals surface area (Å²) in [5.74, 6) is -0.219. The van der Waals surface area contributed by atoms with Crippen LogP contribution in [0.2, 0.25) is 5.02 Å². The smallest absolute Gasteiger partial charge is 0.279 e. The number of quaternary nitrogens is 1. The van der Waals surface area contributed by atoms with Crippen molar-refractivity contribution in [2.75, 3.05) is 25.5 Å². The Labute approximate surface area is 137 Å². The minimum absolute atomic E-state index is 0.0725. The molecule has 5 nitrogen and oxygen atoms in total. The summed E-state index contributed by atoms with van der Waals surface area (Å²) in [5, 5.41) is 6.32. The first-order valence-corrected chi connectivity index (χ1v) is 7.63. The second-order valence-corrected chi connectivity index (χ2v) is 6.98. The SMILES string of the molecule is Cc1c(Cl)cccc1NC(=O)C[NH+](C)CC(=O)NC(C)(C)C. The lowest BCUT2D eigenvalue weighted by molar-refractivity contribution is -0.862. The van der Waals surface area contributed by atoms with E-state index in [9.17, 15) is 9.59 Å². The summed E-state index contributed by atoms with van der Waals surface area (Å²) in [5.41, 5.74) is 1.27. The van der Waals surface area contributed by atoms with Gasteiger partial charge in [-0.05, 0) is 45.4 Å². The topological polar surface area (TPSA) is 62.6 Å². The van der Waals surface area contributed by atoms with Crippen LogP contribution in [0.25, 0.3) is 0 Å². The Bertz CT molecular complexity index is 553. The van der Waals surface area contributed by atoms with E-state index in [1.807, 2.05) is 34.7 Å². The van der Waals surface area contributed by atoms with Crippen molar-refractivity contribution in [3.05, 3.63) is 28.8 Å². The third kappa shape index (κ3) is 6.45. The Kier molecular flexibility index (Phi) is 6.38. The zero-order valence-corrected chi connectivity index (χ0v) is 14.6.